The van der Waals surface area contributed by atoms with Gasteiger partial charge < -0.3 is 5.32 Å². The number of nitrogens with one attached hydrogen (secondary N) is 4. The molecule has 6 nitrogen and oxygen atoms in total. The van der Waals surface area contributed by atoms with Crippen LogP contribution < -0.4 is 21.5 Å². The highest BCUT2D eigenvalue weighted by Gasteiger charge is 2.36. The summed E-state index contributed by atoms with van der Waals surface area (Å²) in [5.74, 6) is -0.346. The number of urea groups is 1. The summed E-state index contributed by atoms with van der Waals surface area (Å²) in [5.41, 5.74) is 5.75. The second-order valence-corrected chi connectivity index (χ2v) is 2.94. The molecule has 2 heterocycles. The molecule has 0 aromatic carbocycles. The summed E-state index contributed by atoms with van der Waals surface area (Å²) in [6.07, 6.45) is 0. The van der Waals surface area contributed by atoms with Gasteiger partial charge in [-0.15, -0.1) is 0 Å². The summed E-state index contributed by atoms with van der Waals surface area (Å²) >= 11 is 0. The fourth-order valence-electron chi connectivity index (χ4n) is 1.48. The van der Waals surface area contributed by atoms with Gasteiger partial charge in [-0.05, 0) is 0 Å². The van der Waals surface area contributed by atoms with Gasteiger partial charge in [-0.2, -0.15) is 0 Å². The summed E-state index contributed by atoms with van der Waals surface area (Å²) in [6.45, 7) is 1.14. The van der Waals surface area contributed by atoms with Crippen molar-refractivity contribution in [1.82, 2.24) is 21.5 Å². The van der Waals surface area contributed by atoms with Gasteiger partial charge in [0.15, 0.2) is 0 Å². The first-order chi connectivity index (χ1) is 5.77. The summed E-state index contributed by atoms with van der Waals surface area (Å²) in [5, 5.41) is 4.90. The Bertz CT molecular complexity index is 230. The van der Waals surface area contributed by atoms with Gasteiger partial charge in [0.1, 0.15) is 0 Å². The minimum absolute atomic E-state index is 0.0764. The highest BCUT2D eigenvalue weighted by Crippen LogP contribution is 2.08. The Morgan fingerprint density at radius 3 is 2.75 bits per heavy atom. The van der Waals surface area contributed by atoms with E-state index in [4.69, 9.17) is 0 Å². The number of imide groups is 1. The van der Waals surface area contributed by atoms with Crippen LogP contribution in [0.5, 0.6) is 0 Å². The first-order valence-corrected chi connectivity index (χ1v) is 3.84. The van der Waals surface area contributed by atoms with Crippen molar-refractivity contribution >= 4 is 11.9 Å². The fourth-order valence-corrected chi connectivity index (χ4v) is 1.48. The summed E-state index contributed by atoms with van der Waals surface area (Å²) < 4.78 is 0. The van der Waals surface area contributed by atoms with E-state index in [-0.39, 0.29) is 17.9 Å². The van der Waals surface area contributed by atoms with E-state index in [1.165, 1.54) is 0 Å². The molecule has 0 saturated carbocycles. The molecule has 0 spiro atoms. The molecule has 3 amide bonds. The first-order valence-electron chi connectivity index (χ1n) is 3.84. The van der Waals surface area contributed by atoms with Gasteiger partial charge in [0, 0.05) is 13.1 Å². The van der Waals surface area contributed by atoms with Crippen molar-refractivity contribution in [3.05, 3.63) is 0 Å². The lowest BCUT2D eigenvalue weighted by atomic mass is 9.96. The smallest absolute Gasteiger partial charge is 0.321 e. The van der Waals surface area contributed by atoms with Gasteiger partial charge in [0.25, 0.3) is 0 Å². The molecule has 12 heavy (non-hydrogen) atoms. The molecule has 0 aromatic rings. The second-order valence-electron chi connectivity index (χ2n) is 2.94. The number of hydrogen-bond donors (Lipinski definition) is 4. The number of carbonyl (C=O) groups excluding carboxylic acids is 2. The maximum Gasteiger partial charge on any atom is 0.321 e. The molecule has 2 unspecified atom stereocenters. The zero-order valence-corrected chi connectivity index (χ0v) is 6.39. The largest absolute Gasteiger partial charge is 0.333 e. The van der Waals surface area contributed by atoms with Gasteiger partial charge in [0.05, 0.1) is 12.0 Å². The molecule has 2 atom stereocenters. The normalized spacial score (nSPS) is 35.0. The average molecular weight is 170 g/mol. The van der Waals surface area contributed by atoms with Gasteiger partial charge in [0.2, 0.25) is 5.91 Å². The van der Waals surface area contributed by atoms with Crippen molar-refractivity contribution in [2.45, 2.75) is 6.04 Å². The topological polar surface area (TPSA) is 82.3 Å². The number of hydrazine groups is 1. The quantitative estimate of drug-likeness (QED) is 0.336. The van der Waals surface area contributed by atoms with Gasteiger partial charge in [-0.25, -0.2) is 4.79 Å². The lowest BCUT2D eigenvalue weighted by molar-refractivity contribution is -0.126. The molecule has 0 aromatic heterocycles. The molecule has 0 aliphatic carbocycles. The highest BCUT2D eigenvalue weighted by molar-refractivity contribution is 5.98. The van der Waals surface area contributed by atoms with Crippen molar-refractivity contribution in [2.75, 3.05) is 13.1 Å². The molecule has 2 aliphatic rings. The van der Waals surface area contributed by atoms with Crippen LogP contribution in [0.4, 0.5) is 4.79 Å². The van der Waals surface area contributed by atoms with Crippen LogP contribution in [0.1, 0.15) is 0 Å². The molecule has 0 bridgehead atoms. The Morgan fingerprint density at radius 2 is 1.92 bits per heavy atom. The highest BCUT2D eigenvalue weighted by atomic mass is 16.2. The third-order valence-electron chi connectivity index (χ3n) is 2.14. The number of fused-ring (bicyclic) bond motifs is 1. The number of rotatable bonds is 0. The number of carbonyl (C=O) groups is 2. The minimum atomic E-state index is -0.398. The third kappa shape index (κ3) is 1.15. The molecule has 4 N–H and O–H groups in total. The predicted octanol–water partition coefficient (Wildman–Crippen LogP) is -2.08. The second kappa shape index (κ2) is 2.72. The van der Waals surface area contributed by atoms with Gasteiger partial charge in [-0.3, -0.25) is 21.0 Å². The Kier molecular flexibility index (Phi) is 1.70. The fraction of sp³-hybridized carbons (Fsp3) is 0.667. The van der Waals surface area contributed by atoms with Crippen molar-refractivity contribution in [3.63, 3.8) is 0 Å². The maximum atomic E-state index is 11.2. The standard InChI is InChI=1S/C6H10N4O2/c11-5-3-1-7-8-2-4(3)9-6(12)10-5/h3-4,7-8H,1-2H2,(H2,9,10,11,12). The molecule has 2 fully saturated rings. The van der Waals surface area contributed by atoms with Crippen molar-refractivity contribution < 1.29 is 9.59 Å². The number of amides is 3. The lowest BCUT2D eigenvalue weighted by Crippen LogP contribution is -2.67. The van der Waals surface area contributed by atoms with Crippen LogP contribution in [0.25, 0.3) is 0 Å². The van der Waals surface area contributed by atoms with E-state index in [1.807, 2.05) is 0 Å². The predicted molar refractivity (Wildman–Crippen MR) is 40.0 cm³/mol. The molecule has 6 heteroatoms. The lowest BCUT2D eigenvalue weighted by Gasteiger charge is -2.35. The zero-order valence-electron chi connectivity index (χ0n) is 6.39. The molecule has 0 radical (unpaired) electrons. The van der Waals surface area contributed by atoms with Crippen LogP contribution in [0, 0.1) is 5.92 Å². The first kappa shape index (κ1) is 7.51. The zero-order chi connectivity index (χ0) is 8.55. The Labute approximate surface area is 69.0 Å². The minimum Gasteiger partial charge on any atom is -0.333 e. The monoisotopic (exact) mass is 170 g/mol. The molecule has 66 valence electrons. The van der Waals surface area contributed by atoms with Crippen molar-refractivity contribution in [3.8, 4) is 0 Å². The summed E-state index contributed by atoms with van der Waals surface area (Å²) in [7, 11) is 0. The van der Waals surface area contributed by atoms with Crippen LogP contribution >= 0.6 is 0 Å². The van der Waals surface area contributed by atoms with Crippen LogP contribution in [-0.4, -0.2) is 31.1 Å². The van der Waals surface area contributed by atoms with Crippen LogP contribution in [0.3, 0.4) is 0 Å². The molecule has 2 rings (SSSR count). The Hall–Kier alpha value is -1.14. The molecular formula is C6H10N4O2. The van der Waals surface area contributed by atoms with E-state index in [0.717, 1.165) is 0 Å². The summed E-state index contributed by atoms with van der Waals surface area (Å²) in [6, 6.07) is -0.475. The van der Waals surface area contributed by atoms with E-state index < -0.39 is 6.03 Å². The van der Waals surface area contributed by atoms with Crippen molar-refractivity contribution in [2.24, 2.45) is 5.92 Å². The molecule has 2 aliphatic heterocycles. The van der Waals surface area contributed by atoms with E-state index in [1.54, 1.807) is 0 Å². The van der Waals surface area contributed by atoms with Crippen molar-refractivity contribution in [1.29, 1.82) is 0 Å². The van der Waals surface area contributed by atoms with Gasteiger partial charge in [-0.1, -0.05) is 0 Å². The van der Waals surface area contributed by atoms with Crippen LogP contribution in [-0.2, 0) is 4.79 Å². The molecular weight excluding hydrogens is 160 g/mol. The third-order valence-corrected chi connectivity index (χ3v) is 2.14. The Balaban J connectivity index is 2.11. The van der Waals surface area contributed by atoms with E-state index in [9.17, 15) is 9.59 Å². The average Bonchev–Trinajstić information content (AvgIpc) is 2.04. The SMILES string of the molecule is O=C1NC(=O)C2CNNCC2N1. The molecule has 2 saturated heterocycles. The van der Waals surface area contributed by atoms with E-state index >= 15 is 0 Å². The Morgan fingerprint density at radius 1 is 1.17 bits per heavy atom. The maximum absolute atomic E-state index is 11.2. The summed E-state index contributed by atoms with van der Waals surface area (Å²) in [4.78, 5) is 22.0. The van der Waals surface area contributed by atoms with Crippen LogP contribution in [0.2, 0.25) is 0 Å². The van der Waals surface area contributed by atoms with Crippen LogP contribution in [0.15, 0.2) is 0 Å². The van der Waals surface area contributed by atoms with Gasteiger partial charge >= 0.3 is 6.03 Å². The van der Waals surface area contributed by atoms with E-state index in [0.29, 0.717) is 13.1 Å². The number of hydrogen-bond acceptors (Lipinski definition) is 4. The van der Waals surface area contributed by atoms with E-state index in [2.05, 4.69) is 21.5 Å².